The van der Waals surface area contributed by atoms with Crippen molar-refractivity contribution in [2.24, 2.45) is 0 Å². The lowest BCUT2D eigenvalue weighted by Crippen LogP contribution is -2.03. The molecule has 1 aromatic carbocycles. The molecule has 1 aromatic heterocycles. The van der Waals surface area contributed by atoms with Crippen LogP contribution in [-0.2, 0) is 0 Å². The van der Waals surface area contributed by atoms with Gasteiger partial charge in [0.1, 0.15) is 5.03 Å². The second kappa shape index (κ2) is 5.67. The normalized spacial score (nSPS) is 10.5. The SMILES string of the molecule is Cc1cc(C(=O)O)c(C)c(Sc2ccccn2)c1S. The smallest absolute Gasteiger partial charge is 0.336 e. The summed E-state index contributed by atoms with van der Waals surface area (Å²) in [6.07, 6.45) is 1.71. The highest BCUT2D eigenvalue weighted by molar-refractivity contribution is 7.99. The van der Waals surface area contributed by atoms with Crippen LogP contribution in [0.25, 0.3) is 0 Å². The Labute approximate surface area is 121 Å². The first-order chi connectivity index (χ1) is 9.00. The zero-order valence-corrected chi connectivity index (χ0v) is 12.3. The van der Waals surface area contributed by atoms with Crippen LogP contribution >= 0.6 is 24.4 Å². The van der Waals surface area contributed by atoms with E-state index >= 15 is 0 Å². The number of carboxylic acids is 1. The maximum absolute atomic E-state index is 11.2. The van der Waals surface area contributed by atoms with E-state index in [1.54, 1.807) is 19.2 Å². The van der Waals surface area contributed by atoms with Crippen molar-refractivity contribution in [2.75, 3.05) is 0 Å². The first kappa shape index (κ1) is 14.0. The van der Waals surface area contributed by atoms with Crippen LogP contribution in [0.3, 0.4) is 0 Å². The number of aromatic nitrogens is 1. The summed E-state index contributed by atoms with van der Waals surface area (Å²) in [6.45, 7) is 3.66. The molecule has 0 aliphatic rings. The Balaban J connectivity index is 2.53. The number of hydrogen-bond donors (Lipinski definition) is 2. The van der Waals surface area contributed by atoms with Crippen molar-refractivity contribution in [1.29, 1.82) is 0 Å². The number of rotatable bonds is 3. The fraction of sp³-hybridized carbons (Fsp3) is 0.143. The molecule has 0 unspecified atom stereocenters. The minimum Gasteiger partial charge on any atom is -0.478 e. The topological polar surface area (TPSA) is 50.2 Å². The molecular formula is C14H13NO2S2. The fourth-order valence-corrected chi connectivity index (χ4v) is 3.09. The van der Waals surface area contributed by atoms with Gasteiger partial charge in [0.2, 0.25) is 0 Å². The first-order valence-corrected chi connectivity index (χ1v) is 6.92. The van der Waals surface area contributed by atoms with Gasteiger partial charge in [-0.3, -0.25) is 0 Å². The second-order valence-corrected chi connectivity index (χ2v) is 5.60. The molecule has 0 amide bonds. The highest BCUT2D eigenvalue weighted by Crippen LogP contribution is 2.37. The van der Waals surface area contributed by atoms with Crippen LogP contribution in [0.1, 0.15) is 21.5 Å². The van der Waals surface area contributed by atoms with Gasteiger partial charge in [-0.25, -0.2) is 9.78 Å². The van der Waals surface area contributed by atoms with Crippen molar-refractivity contribution in [2.45, 2.75) is 28.7 Å². The van der Waals surface area contributed by atoms with Gasteiger partial charge in [-0.1, -0.05) is 17.8 Å². The van der Waals surface area contributed by atoms with E-state index in [1.165, 1.54) is 11.8 Å². The van der Waals surface area contributed by atoms with E-state index in [1.807, 2.05) is 25.1 Å². The van der Waals surface area contributed by atoms with E-state index in [9.17, 15) is 9.90 Å². The van der Waals surface area contributed by atoms with Gasteiger partial charge in [-0.05, 0) is 43.2 Å². The lowest BCUT2D eigenvalue weighted by atomic mass is 10.1. The number of nitrogens with zero attached hydrogens (tertiary/aromatic N) is 1. The molecule has 1 N–H and O–H groups in total. The lowest BCUT2D eigenvalue weighted by molar-refractivity contribution is 0.0695. The Bertz CT molecular complexity index is 627. The number of carbonyl (C=O) groups is 1. The van der Waals surface area contributed by atoms with Crippen LogP contribution in [-0.4, -0.2) is 16.1 Å². The molecule has 5 heteroatoms. The number of pyridine rings is 1. The van der Waals surface area contributed by atoms with E-state index in [4.69, 9.17) is 0 Å². The summed E-state index contributed by atoms with van der Waals surface area (Å²) in [5, 5.41) is 10.0. The minimum atomic E-state index is -0.920. The fourth-order valence-electron chi connectivity index (χ4n) is 1.73. The first-order valence-electron chi connectivity index (χ1n) is 5.66. The number of carboxylic acid groups (broad SMARTS) is 1. The Morgan fingerprint density at radius 1 is 1.37 bits per heavy atom. The summed E-state index contributed by atoms with van der Waals surface area (Å²) in [5.74, 6) is -0.920. The van der Waals surface area contributed by atoms with Crippen molar-refractivity contribution in [3.05, 3.63) is 47.2 Å². The van der Waals surface area contributed by atoms with Gasteiger partial charge in [-0.2, -0.15) is 0 Å². The molecule has 19 heavy (non-hydrogen) atoms. The average Bonchev–Trinajstić information content (AvgIpc) is 2.40. The van der Waals surface area contributed by atoms with Crippen molar-refractivity contribution in [1.82, 2.24) is 4.98 Å². The highest BCUT2D eigenvalue weighted by Gasteiger charge is 2.16. The summed E-state index contributed by atoms with van der Waals surface area (Å²) < 4.78 is 0. The highest BCUT2D eigenvalue weighted by atomic mass is 32.2. The predicted molar refractivity (Wildman–Crippen MR) is 78.5 cm³/mol. The quantitative estimate of drug-likeness (QED) is 0.844. The minimum absolute atomic E-state index is 0.314. The predicted octanol–water partition coefficient (Wildman–Crippen LogP) is 3.84. The van der Waals surface area contributed by atoms with E-state index in [-0.39, 0.29) is 0 Å². The largest absolute Gasteiger partial charge is 0.478 e. The van der Waals surface area contributed by atoms with Gasteiger partial charge in [0.05, 0.1) is 5.56 Å². The van der Waals surface area contributed by atoms with Crippen molar-refractivity contribution in [3.8, 4) is 0 Å². The number of hydrogen-bond acceptors (Lipinski definition) is 4. The molecule has 0 spiro atoms. The standard InChI is InChI=1S/C14H13NO2S2/c1-8-7-10(14(16)17)9(2)13(12(8)18)19-11-5-3-4-6-15-11/h3-7,18H,1-2H3,(H,16,17). The average molecular weight is 291 g/mol. The number of aryl methyl sites for hydroxylation is 1. The molecular weight excluding hydrogens is 278 g/mol. The molecule has 0 radical (unpaired) electrons. The maximum atomic E-state index is 11.2. The summed E-state index contributed by atoms with van der Waals surface area (Å²) >= 11 is 5.92. The Kier molecular flexibility index (Phi) is 4.17. The zero-order valence-electron chi connectivity index (χ0n) is 10.5. The van der Waals surface area contributed by atoms with E-state index in [0.717, 1.165) is 25.9 Å². The van der Waals surface area contributed by atoms with Gasteiger partial charge in [-0.15, -0.1) is 12.6 Å². The van der Waals surface area contributed by atoms with Gasteiger partial charge >= 0.3 is 5.97 Å². The molecule has 0 saturated carbocycles. The van der Waals surface area contributed by atoms with Gasteiger partial charge in [0.25, 0.3) is 0 Å². The maximum Gasteiger partial charge on any atom is 0.336 e. The molecule has 98 valence electrons. The summed E-state index contributed by atoms with van der Waals surface area (Å²) in [4.78, 5) is 17.1. The van der Waals surface area contributed by atoms with E-state index < -0.39 is 5.97 Å². The van der Waals surface area contributed by atoms with Crippen LogP contribution in [0.15, 0.2) is 45.3 Å². The lowest BCUT2D eigenvalue weighted by Gasteiger charge is -2.13. The molecule has 2 rings (SSSR count). The molecule has 0 saturated heterocycles. The third kappa shape index (κ3) is 2.93. The summed E-state index contributed by atoms with van der Waals surface area (Å²) in [6, 6.07) is 7.29. The van der Waals surface area contributed by atoms with Gasteiger partial charge < -0.3 is 5.11 Å². The Morgan fingerprint density at radius 2 is 2.11 bits per heavy atom. The number of aromatic carboxylic acids is 1. The molecule has 3 nitrogen and oxygen atoms in total. The monoisotopic (exact) mass is 291 g/mol. The second-order valence-electron chi connectivity index (χ2n) is 4.12. The molecule has 0 aliphatic heterocycles. The molecule has 0 aliphatic carbocycles. The molecule has 0 bridgehead atoms. The molecule has 0 fully saturated rings. The van der Waals surface area contributed by atoms with Crippen molar-refractivity contribution in [3.63, 3.8) is 0 Å². The van der Waals surface area contributed by atoms with Crippen LogP contribution < -0.4 is 0 Å². The van der Waals surface area contributed by atoms with Crippen LogP contribution in [0.4, 0.5) is 0 Å². The Hall–Kier alpha value is -1.46. The van der Waals surface area contributed by atoms with Gasteiger partial charge in [0.15, 0.2) is 0 Å². The zero-order chi connectivity index (χ0) is 14.0. The molecule has 0 atom stereocenters. The molecule has 1 heterocycles. The van der Waals surface area contributed by atoms with E-state index in [2.05, 4.69) is 17.6 Å². The van der Waals surface area contributed by atoms with E-state index in [0.29, 0.717) is 5.56 Å². The summed E-state index contributed by atoms with van der Waals surface area (Å²) in [7, 11) is 0. The third-order valence-electron chi connectivity index (χ3n) is 2.77. The van der Waals surface area contributed by atoms with Crippen molar-refractivity contribution >= 4 is 30.4 Å². The van der Waals surface area contributed by atoms with Crippen LogP contribution in [0.5, 0.6) is 0 Å². The summed E-state index contributed by atoms with van der Waals surface area (Å²) in [5.41, 5.74) is 1.89. The molecule has 2 aromatic rings. The third-order valence-corrected chi connectivity index (χ3v) is 4.66. The van der Waals surface area contributed by atoms with Crippen molar-refractivity contribution < 1.29 is 9.90 Å². The van der Waals surface area contributed by atoms with Crippen LogP contribution in [0.2, 0.25) is 0 Å². The number of benzene rings is 1. The van der Waals surface area contributed by atoms with Gasteiger partial charge in [0, 0.05) is 16.0 Å². The number of thiol groups is 1. The Morgan fingerprint density at radius 3 is 2.68 bits per heavy atom. The van der Waals surface area contributed by atoms with Crippen LogP contribution in [0, 0.1) is 13.8 Å².